The molecule has 1 atom stereocenters. The zero-order valence-corrected chi connectivity index (χ0v) is 20.0. The Labute approximate surface area is 194 Å². The first-order chi connectivity index (χ1) is 15.2. The van der Waals surface area contributed by atoms with Gasteiger partial charge in [0.1, 0.15) is 12.4 Å². The molecule has 4 rings (SSSR count). The van der Waals surface area contributed by atoms with Gasteiger partial charge in [-0.25, -0.2) is 0 Å². The normalized spacial score (nSPS) is 15.7. The molecule has 4 heteroatoms. The number of benzene rings is 3. The molecule has 0 amide bonds. The summed E-state index contributed by atoms with van der Waals surface area (Å²) in [6.07, 6.45) is 2.17. The summed E-state index contributed by atoms with van der Waals surface area (Å²) in [7, 11) is 0. The largest absolute Gasteiger partial charge is 0.492 e. The van der Waals surface area contributed by atoms with Crippen LogP contribution in [-0.2, 0) is 6.42 Å². The quantitative estimate of drug-likeness (QED) is 0.346. The van der Waals surface area contributed by atoms with Gasteiger partial charge in [0, 0.05) is 22.4 Å². The lowest BCUT2D eigenvalue weighted by Gasteiger charge is -2.39. The fraction of sp³-hybridized carbons (Fsp3) is 0.333. The number of halogens is 1. The Bertz CT molecular complexity index is 970. The highest BCUT2D eigenvalue weighted by Gasteiger charge is 2.28. The zero-order chi connectivity index (χ0) is 21.6. The first kappa shape index (κ1) is 21.9. The molecule has 1 unspecified atom stereocenters. The topological polar surface area (TPSA) is 15.7 Å². The third-order valence-corrected chi connectivity index (χ3v) is 6.66. The Morgan fingerprint density at radius 1 is 0.968 bits per heavy atom. The van der Waals surface area contributed by atoms with Crippen molar-refractivity contribution in [2.24, 2.45) is 0 Å². The van der Waals surface area contributed by atoms with Crippen LogP contribution in [0.5, 0.6) is 5.75 Å². The Balaban J connectivity index is 1.59. The van der Waals surface area contributed by atoms with Crippen LogP contribution in [0.2, 0.25) is 0 Å². The van der Waals surface area contributed by atoms with Gasteiger partial charge in [0.25, 0.3) is 0 Å². The van der Waals surface area contributed by atoms with Crippen molar-refractivity contribution in [3.63, 3.8) is 0 Å². The summed E-state index contributed by atoms with van der Waals surface area (Å²) in [5.74, 6) is 0.931. The average molecular weight is 479 g/mol. The van der Waals surface area contributed by atoms with E-state index in [0.717, 1.165) is 42.7 Å². The van der Waals surface area contributed by atoms with Crippen molar-refractivity contribution < 1.29 is 4.74 Å². The Morgan fingerprint density at radius 2 is 1.71 bits per heavy atom. The number of ether oxygens (including phenoxy) is 1. The van der Waals surface area contributed by atoms with E-state index in [1.54, 1.807) is 0 Å². The van der Waals surface area contributed by atoms with Gasteiger partial charge in [-0.05, 0) is 79.5 Å². The van der Waals surface area contributed by atoms with E-state index in [0.29, 0.717) is 12.6 Å². The minimum Gasteiger partial charge on any atom is -0.492 e. The number of nitrogens with zero attached hydrogens (tertiary/aromatic N) is 2. The van der Waals surface area contributed by atoms with E-state index in [2.05, 4.69) is 112 Å². The summed E-state index contributed by atoms with van der Waals surface area (Å²) in [5.41, 5.74) is 5.24. The monoisotopic (exact) mass is 478 g/mol. The smallest absolute Gasteiger partial charge is 0.119 e. The van der Waals surface area contributed by atoms with Crippen LogP contribution in [0.4, 0.5) is 11.4 Å². The second-order valence-electron chi connectivity index (χ2n) is 7.98. The molecule has 0 N–H and O–H groups in total. The van der Waals surface area contributed by atoms with Gasteiger partial charge in [-0.3, -0.25) is 0 Å². The van der Waals surface area contributed by atoms with E-state index in [1.165, 1.54) is 22.5 Å². The first-order valence-corrected chi connectivity index (χ1v) is 12.1. The van der Waals surface area contributed by atoms with Crippen LogP contribution in [0, 0.1) is 0 Å². The number of aryl methyl sites for hydroxylation is 1. The summed E-state index contributed by atoms with van der Waals surface area (Å²) in [6, 6.07) is 26.4. The van der Waals surface area contributed by atoms with Crippen molar-refractivity contribution in [2.45, 2.75) is 32.7 Å². The van der Waals surface area contributed by atoms with Crippen molar-refractivity contribution in [2.75, 3.05) is 31.1 Å². The van der Waals surface area contributed by atoms with E-state index >= 15 is 0 Å². The number of rotatable bonds is 8. The maximum Gasteiger partial charge on any atom is 0.119 e. The summed E-state index contributed by atoms with van der Waals surface area (Å²) in [4.78, 5) is 4.86. The highest BCUT2D eigenvalue weighted by molar-refractivity contribution is 9.10. The van der Waals surface area contributed by atoms with E-state index in [-0.39, 0.29) is 0 Å². The SMILES string of the molecule is CCN(CC)CCOc1ccc(N2c3ccc(Br)cc3CCC2c2ccccc2)cc1. The maximum atomic E-state index is 6.01. The van der Waals surface area contributed by atoms with E-state index in [1.807, 2.05) is 0 Å². The highest BCUT2D eigenvalue weighted by atomic mass is 79.9. The lowest BCUT2D eigenvalue weighted by Crippen LogP contribution is -2.29. The number of likely N-dealkylation sites (N-methyl/N-ethyl adjacent to an activating group) is 1. The number of anilines is 2. The van der Waals surface area contributed by atoms with Crippen LogP contribution in [-0.4, -0.2) is 31.1 Å². The fourth-order valence-corrected chi connectivity index (χ4v) is 4.83. The Kier molecular flexibility index (Phi) is 7.31. The Hall–Kier alpha value is -2.30. The Morgan fingerprint density at radius 3 is 2.42 bits per heavy atom. The molecule has 0 aliphatic carbocycles. The van der Waals surface area contributed by atoms with Crippen LogP contribution < -0.4 is 9.64 Å². The van der Waals surface area contributed by atoms with Crippen molar-refractivity contribution in [1.29, 1.82) is 0 Å². The molecule has 1 aliphatic rings. The second-order valence-corrected chi connectivity index (χ2v) is 8.89. The minimum atomic E-state index is 0.323. The summed E-state index contributed by atoms with van der Waals surface area (Å²) < 4.78 is 7.15. The molecule has 0 radical (unpaired) electrons. The molecular weight excluding hydrogens is 448 g/mol. The number of fused-ring (bicyclic) bond motifs is 1. The summed E-state index contributed by atoms with van der Waals surface area (Å²) in [5, 5.41) is 0. The van der Waals surface area contributed by atoms with Crippen LogP contribution in [0.3, 0.4) is 0 Å². The molecule has 3 aromatic rings. The molecule has 31 heavy (non-hydrogen) atoms. The molecule has 0 fully saturated rings. The van der Waals surface area contributed by atoms with Crippen molar-refractivity contribution in [3.8, 4) is 5.75 Å². The highest BCUT2D eigenvalue weighted by Crippen LogP contribution is 2.44. The molecule has 0 saturated heterocycles. The predicted molar refractivity (Wildman–Crippen MR) is 134 cm³/mol. The first-order valence-electron chi connectivity index (χ1n) is 11.3. The van der Waals surface area contributed by atoms with Crippen molar-refractivity contribution >= 4 is 27.3 Å². The van der Waals surface area contributed by atoms with Gasteiger partial charge in [-0.2, -0.15) is 0 Å². The third-order valence-electron chi connectivity index (χ3n) is 6.17. The van der Waals surface area contributed by atoms with E-state index in [9.17, 15) is 0 Å². The zero-order valence-electron chi connectivity index (χ0n) is 18.4. The standard InChI is InChI=1S/C27H31BrN2O/c1-3-29(4-2)18-19-31-25-14-12-24(13-15-25)30-26(21-8-6-5-7-9-21)16-10-22-20-23(28)11-17-27(22)30/h5-9,11-15,17,20,26H,3-4,10,16,18-19H2,1-2H3. The van der Waals surface area contributed by atoms with Crippen LogP contribution in [0.1, 0.15) is 37.4 Å². The molecule has 3 aromatic carbocycles. The molecule has 162 valence electrons. The van der Waals surface area contributed by atoms with Crippen LogP contribution in [0.15, 0.2) is 77.3 Å². The lowest BCUT2D eigenvalue weighted by atomic mass is 9.90. The number of hydrogen-bond donors (Lipinski definition) is 0. The lowest BCUT2D eigenvalue weighted by molar-refractivity contribution is 0.223. The van der Waals surface area contributed by atoms with Crippen molar-refractivity contribution in [3.05, 3.63) is 88.4 Å². The molecular formula is C27H31BrN2O. The fourth-order valence-electron chi connectivity index (χ4n) is 4.42. The van der Waals surface area contributed by atoms with Gasteiger partial charge in [-0.15, -0.1) is 0 Å². The maximum absolute atomic E-state index is 6.01. The van der Waals surface area contributed by atoms with Gasteiger partial charge in [-0.1, -0.05) is 60.1 Å². The van der Waals surface area contributed by atoms with Gasteiger partial charge in [0.15, 0.2) is 0 Å². The van der Waals surface area contributed by atoms with Crippen LogP contribution in [0.25, 0.3) is 0 Å². The molecule has 1 heterocycles. The van der Waals surface area contributed by atoms with E-state index in [4.69, 9.17) is 4.74 Å². The van der Waals surface area contributed by atoms with Crippen molar-refractivity contribution in [1.82, 2.24) is 4.90 Å². The average Bonchev–Trinajstić information content (AvgIpc) is 2.82. The summed E-state index contributed by atoms with van der Waals surface area (Å²) >= 11 is 3.64. The van der Waals surface area contributed by atoms with E-state index < -0.39 is 0 Å². The van der Waals surface area contributed by atoms with Gasteiger partial charge in [0.05, 0.1) is 6.04 Å². The molecule has 0 saturated carbocycles. The summed E-state index contributed by atoms with van der Waals surface area (Å²) in [6.45, 7) is 8.18. The second kappa shape index (κ2) is 10.3. The van der Waals surface area contributed by atoms with Gasteiger partial charge in [0.2, 0.25) is 0 Å². The molecule has 0 bridgehead atoms. The predicted octanol–water partition coefficient (Wildman–Crippen LogP) is 7.00. The van der Waals surface area contributed by atoms with Gasteiger partial charge >= 0.3 is 0 Å². The molecule has 3 nitrogen and oxygen atoms in total. The number of hydrogen-bond acceptors (Lipinski definition) is 3. The van der Waals surface area contributed by atoms with Gasteiger partial charge < -0.3 is 14.5 Å². The molecule has 0 spiro atoms. The molecule has 0 aromatic heterocycles. The van der Waals surface area contributed by atoms with Crippen LogP contribution >= 0.6 is 15.9 Å². The third kappa shape index (κ3) is 5.13. The molecule has 1 aliphatic heterocycles. The minimum absolute atomic E-state index is 0.323.